The van der Waals surface area contributed by atoms with E-state index in [9.17, 15) is 21.7 Å². The number of halogens is 5. The summed E-state index contributed by atoms with van der Waals surface area (Å²) in [6, 6.07) is 0.0370. The molecule has 0 bridgehead atoms. The number of aromatic nitrogens is 1. The Labute approximate surface area is 64.3 Å². The molecule has 66 valence electrons. The minimum Gasteiger partial charge on any atom is -0.445 e. The van der Waals surface area contributed by atoms with Crippen LogP contribution in [-0.4, -0.2) is 12.0 Å². The van der Waals surface area contributed by atoms with E-state index in [0.717, 1.165) is 0 Å². The van der Waals surface area contributed by atoms with Gasteiger partial charge < -0.3 is 12.9 Å². The molecule has 0 saturated carbocycles. The van der Waals surface area contributed by atoms with E-state index in [0.29, 0.717) is 0 Å². The molecule has 1 heterocycles. The number of nitrogens with zero attached hydrogens (tertiary/aromatic N) is 1. The second kappa shape index (κ2) is 2.73. The molecule has 0 fully saturated rings. The Hall–Kier alpha value is -1.14. The topological polar surface area (TPSA) is 12.9 Å². The summed E-state index contributed by atoms with van der Waals surface area (Å²) in [4.78, 5) is 2.72. The summed E-state index contributed by atoms with van der Waals surface area (Å²) in [6.45, 7) is -5.50. The van der Waals surface area contributed by atoms with E-state index in [1.807, 2.05) is 0 Å². The predicted octanol–water partition coefficient (Wildman–Crippen LogP) is 1.41. The van der Waals surface area contributed by atoms with E-state index in [1.54, 1.807) is 0 Å². The average Bonchev–Trinajstić information content (AvgIpc) is 1.92. The van der Waals surface area contributed by atoms with Gasteiger partial charge in [0.05, 0.1) is 6.20 Å². The van der Waals surface area contributed by atoms with Crippen LogP contribution in [0.4, 0.5) is 21.7 Å². The van der Waals surface area contributed by atoms with E-state index < -0.39 is 24.2 Å². The molecule has 1 aromatic rings. The molecule has 12 heavy (non-hydrogen) atoms. The van der Waals surface area contributed by atoms with Gasteiger partial charge in [0.25, 0.3) is 0 Å². The quantitative estimate of drug-likeness (QED) is 0.363. The molecule has 0 unspecified atom stereocenters. The number of pyridine rings is 1. The molecule has 0 amide bonds. The summed E-state index contributed by atoms with van der Waals surface area (Å²) < 4.78 is 60.0. The van der Waals surface area contributed by atoms with Gasteiger partial charge in [-0.25, -0.2) is 9.37 Å². The van der Waals surface area contributed by atoms with Crippen LogP contribution in [0.1, 0.15) is 0 Å². The molecular formula is C5H2BF5N-. The zero-order valence-electron chi connectivity index (χ0n) is 5.57. The third kappa shape index (κ3) is 1.72. The number of hydrogen-bond acceptors (Lipinski definition) is 1. The zero-order chi connectivity index (χ0) is 9.35. The van der Waals surface area contributed by atoms with Crippen LogP contribution in [0.3, 0.4) is 0 Å². The Bertz CT molecular complexity index is 296. The van der Waals surface area contributed by atoms with Crippen molar-refractivity contribution in [1.29, 1.82) is 0 Å². The van der Waals surface area contributed by atoms with Crippen molar-refractivity contribution in [3.05, 3.63) is 24.0 Å². The highest BCUT2D eigenvalue weighted by molar-refractivity contribution is 6.73. The summed E-state index contributed by atoms with van der Waals surface area (Å²) in [5.41, 5.74) is -1.58. The Kier molecular flexibility index (Phi) is 2.03. The maximum Gasteiger partial charge on any atom is 0.512 e. The normalized spacial score (nSPS) is 11.8. The molecule has 0 radical (unpaired) electrons. The lowest BCUT2D eigenvalue weighted by Crippen LogP contribution is -2.37. The maximum atomic E-state index is 12.3. The minimum absolute atomic E-state index is 0.0370. The van der Waals surface area contributed by atoms with E-state index >= 15 is 0 Å². The molecule has 1 rings (SSSR count). The molecule has 0 spiro atoms. The Morgan fingerprint density at radius 3 is 2.17 bits per heavy atom. The van der Waals surface area contributed by atoms with Gasteiger partial charge in [-0.1, -0.05) is 5.46 Å². The minimum atomic E-state index is -5.50. The SMILES string of the molecule is Fc1cc([B-](F)(F)F)c(F)cn1. The van der Waals surface area contributed by atoms with Crippen LogP contribution in [0.15, 0.2) is 12.3 Å². The lowest BCUT2D eigenvalue weighted by molar-refractivity contribution is 0.489. The van der Waals surface area contributed by atoms with Gasteiger partial charge in [0, 0.05) is 0 Å². The van der Waals surface area contributed by atoms with Gasteiger partial charge in [0.1, 0.15) is 5.82 Å². The fourth-order valence-corrected chi connectivity index (χ4v) is 0.678. The highest BCUT2D eigenvalue weighted by Gasteiger charge is 2.29. The number of hydrogen-bond donors (Lipinski definition) is 0. The summed E-state index contributed by atoms with van der Waals surface area (Å²) in [5, 5.41) is 0. The highest BCUT2D eigenvalue weighted by atomic mass is 19.4. The molecule has 0 saturated heterocycles. The van der Waals surface area contributed by atoms with E-state index in [-0.39, 0.29) is 12.3 Å². The predicted molar refractivity (Wildman–Crippen MR) is 32.9 cm³/mol. The molecule has 7 heteroatoms. The summed E-state index contributed by atoms with van der Waals surface area (Å²) >= 11 is 0. The fraction of sp³-hybridized carbons (Fsp3) is 0. The molecule has 0 aliphatic carbocycles. The van der Waals surface area contributed by atoms with Crippen molar-refractivity contribution >= 4 is 12.4 Å². The molecule has 0 N–H and O–H groups in total. The first-order valence-electron chi connectivity index (χ1n) is 2.92. The second-order valence-corrected chi connectivity index (χ2v) is 2.10. The van der Waals surface area contributed by atoms with Crippen molar-refractivity contribution < 1.29 is 21.7 Å². The smallest absolute Gasteiger partial charge is 0.445 e. The molecule has 0 atom stereocenters. The first-order chi connectivity index (χ1) is 5.41. The highest BCUT2D eigenvalue weighted by Crippen LogP contribution is 2.10. The molecular weight excluding hydrogens is 180 g/mol. The van der Waals surface area contributed by atoms with Crippen LogP contribution >= 0.6 is 0 Å². The Morgan fingerprint density at radius 1 is 1.17 bits per heavy atom. The Morgan fingerprint density at radius 2 is 1.75 bits per heavy atom. The van der Waals surface area contributed by atoms with Gasteiger partial charge in [-0.15, -0.1) is 0 Å². The van der Waals surface area contributed by atoms with Crippen molar-refractivity contribution in [2.45, 2.75) is 0 Å². The van der Waals surface area contributed by atoms with Crippen molar-refractivity contribution in [3.63, 3.8) is 0 Å². The van der Waals surface area contributed by atoms with Crippen molar-refractivity contribution in [2.24, 2.45) is 0 Å². The average molecular weight is 182 g/mol. The lowest BCUT2D eigenvalue weighted by Gasteiger charge is -2.14. The van der Waals surface area contributed by atoms with Gasteiger partial charge >= 0.3 is 6.98 Å². The maximum absolute atomic E-state index is 12.3. The van der Waals surface area contributed by atoms with Crippen molar-refractivity contribution in [2.75, 3.05) is 0 Å². The molecule has 1 aromatic heterocycles. The van der Waals surface area contributed by atoms with Gasteiger partial charge in [-0.05, 0) is 6.07 Å². The van der Waals surface area contributed by atoms with Gasteiger partial charge in [-0.2, -0.15) is 4.39 Å². The van der Waals surface area contributed by atoms with Crippen LogP contribution in [0, 0.1) is 11.8 Å². The van der Waals surface area contributed by atoms with Gasteiger partial charge in [0.15, 0.2) is 0 Å². The van der Waals surface area contributed by atoms with Crippen LogP contribution in [0.25, 0.3) is 0 Å². The third-order valence-electron chi connectivity index (χ3n) is 1.20. The summed E-state index contributed by atoms with van der Waals surface area (Å²) in [7, 11) is 0. The van der Waals surface area contributed by atoms with E-state index in [4.69, 9.17) is 0 Å². The second-order valence-electron chi connectivity index (χ2n) is 2.10. The van der Waals surface area contributed by atoms with E-state index in [1.165, 1.54) is 0 Å². The fourth-order valence-electron chi connectivity index (χ4n) is 0.678. The molecule has 0 aromatic carbocycles. The van der Waals surface area contributed by atoms with Crippen molar-refractivity contribution in [1.82, 2.24) is 4.98 Å². The monoisotopic (exact) mass is 182 g/mol. The largest absolute Gasteiger partial charge is 0.512 e. The van der Waals surface area contributed by atoms with Crippen LogP contribution in [0.2, 0.25) is 0 Å². The molecule has 1 nitrogen and oxygen atoms in total. The van der Waals surface area contributed by atoms with Crippen LogP contribution in [-0.2, 0) is 0 Å². The molecule has 0 aliphatic heterocycles. The standard InChI is InChI=1S/C5H2BF5N/c7-4-2-12-5(8)1-3(4)6(9,10)11/h1-2H/q-1. The van der Waals surface area contributed by atoms with Crippen LogP contribution in [0.5, 0.6) is 0 Å². The first-order valence-corrected chi connectivity index (χ1v) is 2.92. The number of rotatable bonds is 1. The summed E-state index contributed by atoms with van der Waals surface area (Å²) in [5.74, 6) is -2.89. The first kappa shape index (κ1) is 8.96. The van der Waals surface area contributed by atoms with Crippen molar-refractivity contribution in [3.8, 4) is 0 Å². The summed E-state index contributed by atoms with van der Waals surface area (Å²) in [6.07, 6.45) is 0.208. The van der Waals surface area contributed by atoms with Gasteiger partial charge in [-0.3, -0.25) is 0 Å². The lowest BCUT2D eigenvalue weighted by atomic mass is 9.80. The van der Waals surface area contributed by atoms with Crippen LogP contribution < -0.4 is 5.46 Å². The Balaban J connectivity index is 3.23. The third-order valence-corrected chi connectivity index (χ3v) is 1.20. The van der Waals surface area contributed by atoms with Gasteiger partial charge in [0.2, 0.25) is 5.95 Å². The molecule has 0 aliphatic rings. The zero-order valence-corrected chi connectivity index (χ0v) is 5.57. The van der Waals surface area contributed by atoms with E-state index in [2.05, 4.69) is 4.98 Å².